The predicted octanol–water partition coefficient (Wildman–Crippen LogP) is 4.75. The van der Waals surface area contributed by atoms with Crippen LogP contribution in [0, 0.1) is 5.92 Å². The van der Waals surface area contributed by atoms with Crippen LogP contribution in [0.2, 0.25) is 5.02 Å². The fourth-order valence-electron chi connectivity index (χ4n) is 3.31. The predicted molar refractivity (Wildman–Crippen MR) is 104 cm³/mol. The highest BCUT2D eigenvalue weighted by Crippen LogP contribution is 2.22. The van der Waals surface area contributed by atoms with Crippen molar-refractivity contribution in [2.45, 2.75) is 32.7 Å². The molecule has 1 saturated heterocycles. The number of piperidine rings is 1. The van der Waals surface area contributed by atoms with Crippen molar-refractivity contribution in [3.05, 3.63) is 64.7 Å². The van der Waals surface area contributed by atoms with E-state index in [0.29, 0.717) is 0 Å². The second-order valence-corrected chi connectivity index (χ2v) is 7.16. The molecule has 0 bridgehead atoms. The molecule has 1 aliphatic heterocycles. The molecule has 1 heterocycles. The Balaban J connectivity index is 1.48. The van der Waals surface area contributed by atoms with E-state index >= 15 is 0 Å². The molecule has 0 aromatic heterocycles. The minimum absolute atomic E-state index is 0.0986. The minimum atomic E-state index is 0.0986. The monoisotopic (exact) mass is 356 g/mol. The number of amides is 1. The number of hydrogen-bond donors (Lipinski definition) is 1. The highest BCUT2D eigenvalue weighted by molar-refractivity contribution is 6.30. The van der Waals surface area contributed by atoms with Crippen molar-refractivity contribution in [1.29, 1.82) is 0 Å². The summed E-state index contributed by atoms with van der Waals surface area (Å²) in [5.74, 6) is 0.244. The first-order valence-electron chi connectivity index (χ1n) is 9.00. The molecule has 25 heavy (non-hydrogen) atoms. The number of anilines is 1. The van der Waals surface area contributed by atoms with Gasteiger partial charge in [0.2, 0.25) is 5.91 Å². The molecule has 0 spiro atoms. The number of benzene rings is 2. The molecule has 0 atom stereocenters. The summed E-state index contributed by atoms with van der Waals surface area (Å²) in [5, 5.41) is 3.84. The first-order chi connectivity index (χ1) is 12.1. The number of carbonyl (C=O) groups is 1. The van der Waals surface area contributed by atoms with Gasteiger partial charge in [-0.3, -0.25) is 9.69 Å². The van der Waals surface area contributed by atoms with Gasteiger partial charge in [0.1, 0.15) is 0 Å². The van der Waals surface area contributed by atoms with Crippen LogP contribution in [-0.2, 0) is 17.8 Å². The van der Waals surface area contributed by atoms with Gasteiger partial charge in [-0.1, -0.05) is 42.8 Å². The summed E-state index contributed by atoms with van der Waals surface area (Å²) in [6.45, 7) is 4.91. The van der Waals surface area contributed by atoms with E-state index in [1.54, 1.807) is 0 Å². The molecule has 2 aromatic rings. The van der Waals surface area contributed by atoms with Crippen molar-refractivity contribution < 1.29 is 4.79 Å². The third kappa shape index (κ3) is 5.07. The molecule has 1 fully saturated rings. The fraction of sp³-hybridized carbons (Fsp3) is 0.381. The van der Waals surface area contributed by atoms with E-state index in [9.17, 15) is 4.79 Å². The summed E-state index contributed by atoms with van der Waals surface area (Å²) in [5.41, 5.74) is 3.40. The van der Waals surface area contributed by atoms with Crippen LogP contribution in [0.15, 0.2) is 48.5 Å². The standard InChI is InChI=1S/C21H25ClN2O/c1-2-16-6-8-20(9-7-16)23-21(25)18-10-12-24(13-11-18)15-17-4-3-5-19(22)14-17/h3-9,14,18H,2,10-13,15H2,1H3,(H,23,25). The lowest BCUT2D eigenvalue weighted by Crippen LogP contribution is -2.37. The van der Waals surface area contributed by atoms with Gasteiger partial charge in [0, 0.05) is 23.2 Å². The average Bonchev–Trinajstić information content (AvgIpc) is 2.63. The van der Waals surface area contributed by atoms with Crippen LogP contribution in [0.3, 0.4) is 0 Å². The van der Waals surface area contributed by atoms with E-state index in [1.807, 2.05) is 30.3 Å². The number of nitrogens with one attached hydrogen (secondary N) is 1. The van der Waals surface area contributed by atoms with Gasteiger partial charge in [-0.2, -0.15) is 0 Å². The van der Waals surface area contributed by atoms with Gasteiger partial charge in [0.25, 0.3) is 0 Å². The highest BCUT2D eigenvalue weighted by atomic mass is 35.5. The van der Waals surface area contributed by atoms with Crippen LogP contribution in [-0.4, -0.2) is 23.9 Å². The van der Waals surface area contributed by atoms with Gasteiger partial charge in [0.05, 0.1) is 0 Å². The Morgan fingerprint density at radius 2 is 1.84 bits per heavy atom. The Bertz CT molecular complexity index is 706. The lowest BCUT2D eigenvalue weighted by Gasteiger charge is -2.31. The van der Waals surface area contributed by atoms with Crippen LogP contribution in [0.4, 0.5) is 5.69 Å². The zero-order chi connectivity index (χ0) is 17.6. The molecule has 1 amide bonds. The number of hydrogen-bond acceptors (Lipinski definition) is 2. The molecular formula is C21H25ClN2O. The molecule has 3 nitrogen and oxygen atoms in total. The minimum Gasteiger partial charge on any atom is -0.326 e. The summed E-state index contributed by atoms with van der Waals surface area (Å²) in [6, 6.07) is 16.1. The van der Waals surface area contributed by atoms with Gasteiger partial charge in [0.15, 0.2) is 0 Å². The quantitative estimate of drug-likeness (QED) is 0.838. The number of rotatable bonds is 5. The third-order valence-corrected chi connectivity index (χ3v) is 5.12. The molecule has 132 valence electrons. The molecule has 3 rings (SSSR count). The molecule has 0 radical (unpaired) electrons. The molecule has 0 saturated carbocycles. The lowest BCUT2D eigenvalue weighted by molar-refractivity contribution is -0.121. The highest BCUT2D eigenvalue weighted by Gasteiger charge is 2.25. The maximum atomic E-state index is 12.5. The molecular weight excluding hydrogens is 332 g/mol. The summed E-state index contributed by atoms with van der Waals surface area (Å²) in [7, 11) is 0. The maximum Gasteiger partial charge on any atom is 0.227 e. The van der Waals surface area contributed by atoms with Crippen molar-refractivity contribution in [3.63, 3.8) is 0 Å². The Hall–Kier alpha value is -1.84. The number of aryl methyl sites for hydroxylation is 1. The largest absolute Gasteiger partial charge is 0.326 e. The first-order valence-corrected chi connectivity index (χ1v) is 9.38. The van der Waals surface area contributed by atoms with Crippen LogP contribution in [0.1, 0.15) is 30.9 Å². The second-order valence-electron chi connectivity index (χ2n) is 6.72. The van der Waals surface area contributed by atoms with Gasteiger partial charge in [-0.25, -0.2) is 0 Å². The maximum absolute atomic E-state index is 12.5. The van der Waals surface area contributed by atoms with E-state index in [0.717, 1.165) is 49.6 Å². The Morgan fingerprint density at radius 3 is 2.48 bits per heavy atom. The van der Waals surface area contributed by atoms with Crippen LogP contribution < -0.4 is 5.32 Å². The molecule has 0 unspecified atom stereocenters. The van der Waals surface area contributed by atoms with E-state index in [2.05, 4.69) is 35.3 Å². The molecule has 2 aromatic carbocycles. The molecule has 0 aliphatic carbocycles. The summed E-state index contributed by atoms with van der Waals surface area (Å²) in [4.78, 5) is 14.9. The van der Waals surface area contributed by atoms with Crippen molar-refractivity contribution in [2.24, 2.45) is 5.92 Å². The fourth-order valence-corrected chi connectivity index (χ4v) is 3.53. The summed E-state index contributed by atoms with van der Waals surface area (Å²) in [6.07, 6.45) is 2.82. The number of likely N-dealkylation sites (tertiary alicyclic amines) is 1. The molecule has 4 heteroatoms. The molecule has 1 N–H and O–H groups in total. The van der Waals surface area contributed by atoms with E-state index < -0.39 is 0 Å². The van der Waals surface area contributed by atoms with Crippen molar-refractivity contribution in [1.82, 2.24) is 4.90 Å². The SMILES string of the molecule is CCc1ccc(NC(=O)C2CCN(Cc3cccc(Cl)c3)CC2)cc1. The van der Waals surface area contributed by atoms with Crippen LogP contribution in [0.25, 0.3) is 0 Å². The average molecular weight is 357 g/mol. The number of halogens is 1. The van der Waals surface area contributed by atoms with Crippen LogP contribution >= 0.6 is 11.6 Å². The van der Waals surface area contributed by atoms with Gasteiger partial charge in [-0.05, 0) is 67.7 Å². The Labute approximate surface area is 155 Å². The summed E-state index contributed by atoms with van der Waals surface area (Å²) >= 11 is 6.05. The second kappa shape index (κ2) is 8.50. The van der Waals surface area contributed by atoms with Crippen LogP contribution in [0.5, 0.6) is 0 Å². The zero-order valence-electron chi connectivity index (χ0n) is 14.7. The third-order valence-electron chi connectivity index (χ3n) is 4.88. The van der Waals surface area contributed by atoms with Crippen molar-refractivity contribution in [2.75, 3.05) is 18.4 Å². The van der Waals surface area contributed by atoms with Crippen molar-refractivity contribution >= 4 is 23.2 Å². The van der Waals surface area contributed by atoms with E-state index in [1.165, 1.54) is 11.1 Å². The topological polar surface area (TPSA) is 32.3 Å². The normalized spacial score (nSPS) is 15.9. The zero-order valence-corrected chi connectivity index (χ0v) is 15.4. The summed E-state index contributed by atoms with van der Waals surface area (Å²) < 4.78 is 0. The lowest BCUT2D eigenvalue weighted by atomic mass is 9.95. The van der Waals surface area contributed by atoms with E-state index in [-0.39, 0.29) is 11.8 Å². The van der Waals surface area contributed by atoms with Gasteiger partial charge in [-0.15, -0.1) is 0 Å². The Kier molecular flexibility index (Phi) is 6.11. The number of carbonyl (C=O) groups excluding carboxylic acids is 1. The van der Waals surface area contributed by atoms with Gasteiger partial charge < -0.3 is 5.32 Å². The number of nitrogens with zero attached hydrogens (tertiary/aromatic N) is 1. The van der Waals surface area contributed by atoms with Gasteiger partial charge >= 0.3 is 0 Å². The molecule has 1 aliphatic rings. The van der Waals surface area contributed by atoms with Crippen molar-refractivity contribution in [3.8, 4) is 0 Å². The Morgan fingerprint density at radius 1 is 1.12 bits per heavy atom. The van der Waals surface area contributed by atoms with E-state index in [4.69, 9.17) is 11.6 Å². The smallest absolute Gasteiger partial charge is 0.227 e. The first kappa shape index (κ1) is 18.0.